The van der Waals surface area contributed by atoms with Crippen LogP contribution in [0.4, 0.5) is 5.69 Å². The third-order valence-electron chi connectivity index (χ3n) is 2.06. The molecule has 0 spiro atoms. The Bertz CT molecular complexity index is 541. The first-order chi connectivity index (χ1) is 8.22. The summed E-state index contributed by atoms with van der Waals surface area (Å²) in [5.41, 5.74) is 7.29. The highest BCUT2D eigenvalue weighted by Gasteiger charge is 2.12. The molecular formula is C10H11N3O3S. The van der Waals surface area contributed by atoms with Crippen molar-refractivity contribution in [2.75, 3.05) is 18.1 Å². The Kier molecular flexibility index (Phi) is 3.48. The first-order valence-electron chi connectivity index (χ1n) is 5.01. The monoisotopic (exact) mass is 253 g/mol. The number of carbonyl (C=O) groups excluding carboxylic acids is 1. The number of aromatic nitrogens is 2. The van der Waals surface area contributed by atoms with Crippen molar-refractivity contribution < 1.29 is 14.2 Å². The number of anilines is 1. The molecule has 1 heterocycles. The maximum absolute atomic E-state index is 11.2. The molecule has 0 fully saturated rings. The van der Waals surface area contributed by atoms with Gasteiger partial charge in [-0.1, -0.05) is 0 Å². The molecule has 0 radical (unpaired) electrons. The molecular weight excluding hydrogens is 242 g/mol. The average Bonchev–Trinajstić information content (AvgIpc) is 2.78. The summed E-state index contributed by atoms with van der Waals surface area (Å²) in [6, 6.07) is 3.49. The molecule has 90 valence electrons. The van der Waals surface area contributed by atoms with Crippen molar-refractivity contribution in [2.24, 2.45) is 0 Å². The molecule has 0 saturated carbocycles. The number of hydrogen-bond acceptors (Lipinski definition) is 7. The first-order valence-corrected chi connectivity index (χ1v) is 6.00. The van der Waals surface area contributed by atoms with E-state index in [4.69, 9.17) is 10.5 Å². The molecule has 1 aromatic carbocycles. The van der Waals surface area contributed by atoms with Gasteiger partial charge in [-0.2, -0.15) is 0 Å². The van der Waals surface area contributed by atoms with Gasteiger partial charge in [0.1, 0.15) is 0 Å². The molecule has 7 heteroatoms. The predicted octanol–water partition coefficient (Wildman–Crippen LogP) is 1.46. The van der Waals surface area contributed by atoms with Gasteiger partial charge < -0.3 is 10.5 Å². The van der Waals surface area contributed by atoms with Crippen molar-refractivity contribution >= 4 is 34.5 Å². The minimum Gasteiger partial charge on any atom is -0.465 e. The number of carbonyl (C=O) groups is 1. The Hall–Kier alpha value is -1.76. The Morgan fingerprint density at radius 1 is 1.47 bits per heavy atom. The second kappa shape index (κ2) is 5.05. The smallest absolute Gasteiger partial charge is 0.316 e. The molecule has 0 aliphatic carbocycles. The van der Waals surface area contributed by atoms with E-state index in [-0.39, 0.29) is 11.7 Å². The number of nitrogens with two attached hydrogens (primary N) is 1. The van der Waals surface area contributed by atoms with Gasteiger partial charge in [0.25, 0.3) is 0 Å². The number of thioether (sulfide) groups is 1. The molecule has 1 aromatic heterocycles. The van der Waals surface area contributed by atoms with E-state index in [0.717, 1.165) is 4.90 Å². The summed E-state index contributed by atoms with van der Waals surface area (Å²) >= 11 is 1.32. The van der Waals surface area contributed by atoms with Crippen LogP contribution in [0.15, 0.2) is 21.7 Å². The van der Waals surface area contributed by atoms with Crippen LogP contribution in [-0.2, 0) is 9.53 Å². The lowest BCUT2D eigenvalue weighted by molar-refractivity contribution is -0.139. The van der Waals surface area contributed by atoms with Gasteiger partial charge in [-0.15, -0.1) is 11.8 Å². The molecule has 0 aliphatic rings. The Balaban J connectivity index is 2.16. The summed E-state index contributed by atoms with van der Waals surface area (Å²) in [6.07, 6.45) is 0. The molecule has 2 N–H and O–H groups in total. The number of esters is 1. The number of benzene rings is 1. The summed E-state index contributed by atoms with van der Waals surface area (Å²) in [4.78, 5) is 12.0. The number of nitrogens with zero attached hydrogens (tertiary/aromatic N) is 2. The number of nitrogen functional groups attached to an aromatic ring is 1. The summed E-state index contributed by atoms with van der Waals surface area (Å²) in [5, 5.41) is 7.47. The summed E-state index contributed by atoms with van der Waals surface area (Å²) in [7, 11) is 0. The second-order valence-corrected chi connectivity index (χ2v) is 4.23. The second-order valence-electron chi connectivity index (χ2n) is 3.21. The lowest BCUT2D eigenvalue weighted by atomic mass is 10.3. The standard InChI is InChI=1S/C10H11N3O3S/c1-2-15-8(14)5-17-7-4-3-6(11)9-10(7)13-16-12-9/h3-4H,2,5,11H2,1H3. The highest BCUT2D eigenvalue weighted by molar-refractivity contribution is 8.00. The topological polar surface area (TPSA) is 91.2 Å². The van der Waals surface area contributed by atoms with Crippen molar-refractivity contribution in [2.45, 2.75) is 11.8 Å². The number of hydrogen-bond donors (Lipinski definition) is 1. The van der Waals surface area contributed by atoms with E-state index in [1.807, 2.05) is 0 Å². The van der Waals surface area contributed by atoms with Crippen LogP contribution >= 0.6 is 11.8 Å². The Morgan fingerprint density at radius 2 is 2.24 bits per heavy atom. The SMILES string of the molecule is CCOC(=O)CSc1ccc(N)c2nonc12. The van der Waals surface area contributed by atoms with Gasteiger partial charge in [-0.3, -0.25) is 4.79 Å². The van der Waals surface area contributed by atoms with Crippen molar-refractivity contribution in [3.63, 3.8) is 0 Å². The first kappa shape index (κ1) is 11.7. The van der Waals surface area contributed by atoms with Gasteiger partial charge >= 0.3 is 5.97 Å². The minimum atomic E-state index is -0.265. The van der Waals surface area contributed by atoms with E-state index in [9.17, 15) is 4.79 Å². The molecule has 0 bridgehead atoms. The number of ether oxygens (including phenoxy) is 1. The highest BCUT2D eigenvalue weighted by atomic mass is 32.2. The van der Waals surface area contributed by atoms with Crippen molar-refractivity contribution in [1.82, 2.24) is 10.3 Å². The third kappa shape index (κ3) is 2.50. The van der Waals surface area contributed by atoms with Crippen molar-refractivity contribution in [3.05, 3.63) is 12.1 Å². The van der Waals surface area contributed by atoms with E-state index in [1.54, 1.807) is 19.1 Å². The molecule has 17 heavy (non-hydrogen) atoms. The third-order valence-corrected chi connectivity index (χ3v) is 3.08. The molecule has 2 aromatic rings. The Labute approximate surface area is 101 Å². The average molecular weight is 253 g/mol. The molecule has 0 amide bonds. The normalized spacial score (nSPS) is 10.6. The molecule has 0 saturated heterocycles. The fourth-order valence-corrected chi connectivity index (χ4v) is 2.11. The molecule has 2 rings (SSSR count). The van der Waals surface area contributed by atoms with Crippen LogP contribution in [0.25, 0.3) is 11.0 Å². The van der Waals surface area contributed by atoms with Crippen LogP contribution in [0.2, 0.25) is 0 Å². The van der Waals surface area contributed by atoms with Crippen LogP contribution in [0.5, 0.6) is 0 Å². The fourth-order valence-electron chi connectivity index (χ4n) is 1.32. The van der Waals surface area contributed by atoms with E-state index < -0.39 is 0 Å². The van der Waals surface area contributed by atoms with Crippen LogP contribution in [0.1, 0.15) is 6.92 Å². The van der Waals surface area contributed by atoms with Crippen molar-refractivity contribution in [3.8, 4) is 0 Å². The zero-order valence-electron chi connectivity index (χ0n) is 9.17. The quantitative estimate of drug-likeness (QED) is 0.501. The van der Waals surface area contributed by atoms with Gasteiger partial charge in [0.15, 0.2) is 11.0 Å². The molecule has 0 unspecified atom stereocenters. The van der Waals surface area contributed by atoms with Gasteiger partial charge in [0.2, 0.25) is 0 Å². The van der Waals surface area contributed by atoms with Crippen LogP contribution < -0.4 is 5.73 Å². The van der Waals surface area contributed by atoms with Gasteiger partial charge in [-0.25, -0.2) is 4.63 Å². The van der Waals surface area contributed by atoms with Crippen molar-refractivity contribution in [1.29, 1.82) is 0 Å². The molecule has 0 atom stereocenters. The minimum absolute atomic E-state index is 0.222. The number of rotatable bonds is 4. The van der Waals surface area contributed by atoms with Gasteiger partial charge in [-0.05, 0) is 29.4 Å². The molecule has 6 nitrogen and oxygen atoms in total. The van der Waals surface area contributed by atoms with Gasteiger partial charge in [0.05, 0.1) is 18.0 Å². The maximum atomic E-state index is 11.2. The Morgan fingerprint density at radius 3 is 3.00 bits per heavy atom. The van der Waals surface area contributed by atoms with Gasteiger partial charge in [0, 0.05) is 4.90 Å². The fraction of sp³-hybridized carbons (Fsp3) is 0.300. The van der Waals surface area contributed by atoms with E-state index in [1.165, 1.54) is 11.8 Å². The van der Waals surface area contributed by atoms with E-state index in [2.05, 4.69) is 14.9 Å². The summed E-state index contributed by atoms with van der Waals surface area (Å²) in [6.45, 7) is 2.15. The zero-order valence-corrected chi connectivity index (χ0v) is 9.99. The van der Waals surface area contributed by atoms with E-state index >= 15 is 0 Å². The number of fused-ring (bicyclic) bond motifs is 1. The molecule has 0 aliphatic heterocycles. The lowest BCUT2D eigenvalue weighted by Crippen LogP contribution is -2.06. The van der Waals surface area contributed by atoms with Crippen LogP contribution in [-0.4, -0.2) is 28.6 Å². The summed E-state index contributed by atoms with van der Waals surface area (Å²) in [5.74, 6) is -0.0429. The highest BCUT2D eigenvalue weighted by Crippen LogP contribution is 2.29. The van der Waals surface area contributed by atoms with Crippen LogP contribution in [0, 0.1) is 0 Å². The maximum Gasteiger partial charge on any atom is 0.316 e. The predicted molar refractivity (Wildman–Crippen MR) is 63.6 cm³/mol. The largest absolute Gasteiger partial charge is 0.465 e. The van der Waals surface area contributed by atoms with Crippen LogP contribution in [0.3, 0.4) is 0 Å². The lowest BCUT2D eigenvalue weighted by Gasteiger charge is -2.02. The zero-order chi connectivity index (χ0) is 12.3. The van der Waals surface area contributed by atoms with E-state index in [0.29, 0.717) is 23.3 Å². The summed E-state index contributed by atoms with van der Waals surface area (Å²) < 4.78 is 9.47.